The van der Waals surface area contributed by atoms with Crippen molar-refractivity contribution < 1.29 is 4.74 Å². The monoisotopic (exact) mass is 289 g/mol. The van der Waals surface area contributed by atoms with Crippen molar-refractivity contribution in [2.24, 2.45) is 5.92 Å². The SMILES string of the molecule is c1c[nH]c(CN2CC[C@@H]3OCCN(CC4CC4)[C@H]3CC2)c1. The van der Waals surface area contributed by atoms with E-state index < -0.39 is 0 Å². The van der Waals surface area contributed by atoms with Crippen LogP contribution in [0.2, 0.25) is 0 Å². The molecule has 0 unspecified atom stereocenters. The minimum atomic E-state index is 0.464. The smallest absolute Gasteiger partial charge is 0.0743 e. The van der Waals surface area contributed by atoms with E-state index in [1.165, 1.54) is 44.5 Å². The summed E-state index contributed by atoms with van der Waals surface area (Å²) in [5.41, 5.74) is 1.33. The van der Waals surface area contributed by atoms with Crippen LogP contribution in [0, 0.1) is 5.92 Å². The standard InChI is InChI=1S/C17H27N3O/c1-2-15(18-7-1)13-19-8-5-16-17(6-9-19)21-11-10-20(16)12-14-3-4-14/h1-2,7,14,16-18H,3-6,8-13H2/t16-,17-/m0/s1. The fourth-order valence-electron chi connectivity index (χ4n) is 3.94. The van der Waals surface area contributed by atoms with Gasteiger partial charge in [0, 0.05) is 50.7 Å². The molecule has 4 rings (SSSR count). The lowest BCUT2D eigenvalue weighted by molar-refractivity contribution is -0.0727. The van der Waals surface area contributed by atoms with E-state index in [1.54, 1.807) is 0 Å². The van der Waals surface area contributed by atoms with E-state index in [0.29, 0.717) is 12.1 Å². The Morgan fingerprint density at radius 2 is 2.05 bits per heavy atom. The lowest BCUT2D eigenvalue weighted by atomic mass is 10.0. The summed E-state index contributed by atoms with van der Waals surface area (Å²) in [6.45, 7) is 6.82. The molecule has 0 spiro atoms. The van der Waals surface area contributed by atoms with Crippen molar-refractivity contribution in [2.45, 2.75) is 44.4 Å². The highest BCUT2D eigenvalue weighted by atomic mass is 16.5. The first-order chi connectivity index (χ1) is 10.4. The average Bonchev–Trinajstić information content (AvgIpc) is 3.21. The van der Waals surface area contributed by atoms with Gasteiger partial charge in [-0.15, -0.1) is 0 Å². The maximum Gasteiger partial charge on any atom is 0.0743 e. The zero-order valence-electron chi connectivity index (χ0n) is 12.8. The number of likely N-dealkylation sites (tertiary alicyclic amines) is 1. The Labute approximate surface area is 127 Å². The molecule has 0 radical (unpaired) electrons. The van der Waals surface area contributed by atoms with Crippen molar-refractivity contribution in [3.63, 3.8) is 0 Å². The molecule has 0 bridgehead atoms. The normalized spacial score (nSPS) is 31.8. The predicted octanol–water partition coefficient (Wildman–Crippen LogP) is 2.09. The van der Waals surface area contributed by atoms with Crippen LogP contribution in [0.1, 0.15) is 31.4 Å². The zero-order chi connectivity index (χ0) is 14.1. The molecule has 2 aliphatic heterocycles. The van der Waals surface area contributed by atoms with Gasteiger partial charge in [-0.2, -0.15) is 0 Å². The molecule has 3 heterocycles. The van der Waals surface area contributed by atoms with Gasteiger partial charge in [0.1, 0.15) is 0 Å². The van der Waals surface area contributed by atoms with Gasteiger partial charge in [-0.3, -0.25) is 9.80 Å². The molecule has 0 amide bonds. The molecule has 1 N–H and O–H groups in total. The summed E-state index contributed by atoms with van der Waals surface area (Å²) in [6.07, 6.45) is 7.84. The van der Waals surface area contributed by atoms with Gasteiger partial charge in [0.05, 0.1) is 12.7 Å². The highest BCUT2D eigenvalue weighted by molar-refractivity contribution is 5.03. The van der Waals surface area contributed by atoms with Crippen LogP contribution in [0.25, 0.3) is 0 Å². The first-order valence-electron chi connectivity index (χ1n) is 8.59. The predicted molar refractivity (Wildman–Crippen MR) is 83.1 cm³/mol. The quantitative estimate of drug-likeness (QED) is 0.921. The van der Waals surface area contributed by atoms with E-state index in [0.717, 1.165) is 32.2 Å². The van der Waals surface area contributed by atoms with Crippen molar-refractivity contribution in [3.8, 4) is 0 Å². The topological polar surface area (TPSA) is 31.5 Å². The number of H-pyrrole nitrogens is 1. The summed E-state index contributed by atoms with van der Waals surface area (Å²) in [5, 5.41) is 0. The van der Waals surface area contributed by atoms with Crippen LogP contribution in [0.3, 0.4) is 0 Å². The molecule has 2 atom stereocenters. The number of hydrogen-bond acceptors (Lipinski definition) is 3. The summed E-state index contributed by atoms with van der Waals surface area (Å²) in [5.74, 6) is 0.988. The third-order valence-corrected chi connectivity index (χ3v) is 5.33. The molecule has 3 fully saturated rings. The van der Waals surface area contributed by atoms with Crippen LogP contribution in [-0.2, 0) is 11.3 Å². The van der Waals surface area contributed by atoms with Crippen LogP contribution in [0.15, 0.2) is 18.3 Å². The molecule has 0 aromatic carbocycles. The van der Waals surface area contributed by atoms with E-state index in [4.69, 9.17) is 4.74 Å². The number of nitrogens with one attached hydrogen (secondary N) is 1. The number of aromatic nitrogens is 1. The second-order valence-corrected chi connectivity index (χ2v) is 6.96. The molecular weight excluding hydrogens is 262 g/mol. The average molecular weight is 289 g/mol. The number of aromatic amines is 1. The minimum Gasteiger partial charge on any atom is -0.375 e. The second kappa shape index (κ2) is 6.11. The number of morpholine rings is 1. The van der Waals surface area contributed by atoms with Gasteiger partial charge < -0.3 is 9.72 Å². The molecule has 1 aromatic heterocycles. The molecule has 4 heteroatoms. The van der Waals surface area contributed by atoms with Gasteiger partial charge in [0.15, 0.2) is 0 Å². The van der Waals surface area contributed by atoms with Gasteiger partial charge in [-0.25, -0.2) is 0 Å². The number of hydrogen-bond donors (Lipinski definition) is 1. The third-order valence-electron chi connectivity index (χ3n) is 5.33. The van der Waals surface area contributed by atoms with Crippen LogP contribution < -0.4 is 0 Å². The molecule has 1 aliphatic carbocycles. The van der Waals surface area contributed by atoms with Crippen LogP contribution in [-0.4, -0.2) is 59.7 Å². The van der Waals surface area contributed by atoms with Crippen molar-refractivity contribution in [1.29, 1.82) is 0 Å². The van der Waals surface area contributed by atoms with Crippen molar-refractivity contribution in [2.75, 3.05) is 32.8 Å². The summed E-state index contributed by atoms with van der Waals surface area (Å²) in [7, 11) is 0. The molecule has 4 nitrogen and oxygen atoms in total. The summed E-state index contributed by atoms with van der Waals surface area (Å²) in [6, 6.07) is 4.94. The fraction of sp³-hybridized carbons (Fsp3) is 0.765. The van der Waals surface area contributed by atoms with Crippen molar-refractivity contribution >= 4 is 0 Å². The highest BCUT2D eigenvalue weighted by Gasteiger charge is 2.37. The molecule has 3 aliphatic rings. The Hall–Kier alpha value is -0.840. The number of nitrogens with zero attached hydrogens (tertiary/aromatic N) is 2. The highest BCUT2D eigenvalue weighted by Crippen LogP contribution is 2.33. The molecule has 116 valence electrons. The van der Waals surface area contributed by atoms with E-state index in [2.05, 4.69) is 26.9 Å². The van der Waals surface area contributed by atoms with Gasteiger partial charge in [-0.05, 0) is 43.7 Å². The lowest BCUT2D eigenvalue weighted by Crippen LogP contribution is -2.51. The zero-order valence-corrected chi connectivity index (χ0v) is 12.8. The fourth-order valence-corrected chi connectivity index (χ4v) is 3.94. The summed E-state index contributed by atoms with van der Waals surface area (Å²) >= 11 is 0. The first kappa shape index (κ1) is 13.8. The molecule has 1 aromatic rings. The molecular formula is C17H27N3O. The number of fused-ring (bicyclic) bond motifs is 1. The van der Waals surface area contributed by atoms with E-state index in [-0.39, 0.29) is 0 Å². The van der Waals surface area contributed by atoms with Crippen LogP contribution >= 0.6 is 0 Å². The maximum absolute atomic E-state index is 6.10. The van der Waals surface area contributed by atoms with Gasteiger partial charge >= 0.3 is 0 Å². The molecule has 21 heavy (non-hydrogen) atoms. The van der Waals surface area contributed by atoms with E-state index >= 15 is 0 Å². The summed E-state index contributed by atoms with van der Waals surface area (Å²) < 4.78 is 6.10. The largest absolute Gasteiger partial charge is 0.375 e. The van der Waals surface area contributed by atoms with Crippen molar-refractivity contribution in [1.82, 2.24) is 14.8 Å². The van der Waals surface area contributed by atoms with Crippen LogP contribution in [0.4, 0.5) is 0 Å². The Morgan fingerprint density at radius 3 is 2.86 bits per heavy atom. The van der Waals surface area contributed by atoms with E-state index in [9.17, 15) is 0 Å². The summed E-state index contributed by atoms with van der Waals surface area (Å²) in [4.78, 5) is 8.65. The number of rotatable bonds is 4. The van der Waals surface area contributed by atoms with Crippen LogP contribution in [0.5, 0.6) is 0 Å². The van der Waals surface area contributed by atoms with Gasteiger partial charge in [0.2, 0.25) is 0 Å². The first-order valence-corrected chi connectivity index (χ1v) is 8.59. The van der Waals surface area contributed by atoms with E-state index in [1.807, 2.05) is 6.20 Å². The van der Waals surface area contributed by atoms with Gasteiger partial charge in [0.25, 0.3) is 0 Å². The maximum atomic E-state index is 6.10. The Kier molecular flexibility index (Phi) is 4.01. The number of ether oxygens (including phenoxy) is 1. The Balaban J connectivity index is 1.38. The lowest BCUT2D eigenvalue weighted by Gasteiger charge is -2.40. The third kappa shape index (κ3) is 3.33. The molecule has 1 saturated carbocycles. The second-order valence-electron chi connectivity index (χ2n) is 6.96. The Morgan fingerprint density at radius 1 is 1.14 bits per heavy atom. The van der Waals surface area contributed by atoms with Crippen molar-refractivity contribution in [3.05, 3.63) is 24.0 Å². The van der Waals surface area contributed by atoms with Gasteiger partial charge in [-0.1, -0.05) is 0 Å². The Bertz CT molecular complexity index is 443. The minimum absolute atomic E-state index is 0.464. The molecule has 2 saturated heterocycles.